The summed E-state index contributed by atoms with van der Waals surface area (Å²) in [7, 11) is 0. The topological polar surface area (TPSA) is 61.4 Å². The SMILES string of the molecule is O=C1CN(c2ccc(NC(=O)C3(c4cccc(Cl)c4)CC3)cc2)CCN1. The number of anilines is 2. The fourth-order valence-electron chi connectivity index (χ4n) is 3.42. The van der Waals surface area contributed by atoms with Crippen LogP contribution in [0.15, 0.2) is 48.5 Å². The van der Waals surface area contributed by atoms with E-state index in [2.05, 4.69) is 10.6 Å². The highest BCUT2D eigenvalue weighted by molar-refractivity contribution is 6.30. The molecule has 5 nitrogen and oxygen atoms in total. The number of nitrogens with zero attached hydrogens (tertiary/aromatic N) is 1. The van der Waals surface area contributed by atoms with Gasteiger partial charge in [-0.1, -0.05) is 23.7 Å². The second kappa shape index (κ2) is 6.65. The van der Waals surface area contributed by atoms with Crippen LogP contribution in [0.2, 0.25) is 5.02 Å². The van der Waals surface area contributed by atoms with Crippen LogP contribution in [0.25, 0.3) is 0 Å². The summed E-state index contributed by atoms with van der Waals surface area (Å²) in [6.45, 7) is 1.80. The Labute approximate surface area is 157 Å². The summed E-state index contributed by atoms with van der Waals surface area (Å²) in [6, 6.07) is 15.2. The zero-order valence-corrected chi connectivity index (χ0v) is 15.1. The molecule has 1 saturated heterocycles. The third-order valence-electron chi connectivity index (χ3n) is 5.09. The van der Waals surface area contributed by atoms with E-state index in [1.54, 1.807) is 0 Å². The highest BCUT2D eigenvalue weighted by Crippen LogP contribution is 2.49. The second-order valence-corrected chi connectivity index (χ2v) is 7.30. The maximum absolute atomic E-state index is 12.8. The molecule has 0 unspecified atom stereocenters. The van der Waals surface area contributed by atoms with Crippen LogP contribution in [0.1, 0.15) is 18.4 Å². The molecule has 0 bridgehead atoms. The fourth-order valence-corrected chi connectivity index (χ4v) is 3.61. The molecule has 0 atom stereocenters. The Kier molecular flexibility index (Phi) is 4.32. The number of hydrogen-bond donors (Lipinski definition) is 2. The Balaban J connectivity index is 1.46. The minimum atomic E-state index is -0.464. The predicted octanol–water partition coefficient (Wildman–Crippen LogP) is 2.95. The van der Waals surface area contributed by atoms with E-state index in [-0.39, 0.29) is 11.8 Å². The molecule has 6 heteroatoms. The predicted molar refractivity (Wildman–Crippen MR) is 103 cm³/mol. The van der Waals surface area contributed by atoms with E-state index in [1.165, 1.54) is 0 Å². The number of hydrogen-bond acceptors (Lipinski definition) is 3. The van der Waals surface area contributed by atoms with Crippen molar-refractivity contribution in [2.45, 2.75) is 18.3 Å². The highest BCUT2D eigenvalue weighted by atomic mass is 35.5. The van der Waals surface area contributed by atoms with Gasteiger partial charge in [0.15, 0.2) is 0 Å². The molecule has 2 aromatic carbocycles. The lowest BCUT2D eigenvalue weighted by atomic mass is 9.95. The molecular weight excluding hydrogens is 350 g/mol. The number of benzene rings is 2. The lowest BCUT2D eigenvalue weighted by Gasteiger charge is -2.28. The highest BCUT2D eigenvalue weighted by Gasteiger charge is 2.51. The summed E-state index contributed by atoms with van der Waals surface area (Å²) in [6.07, 6.45) is 1.67. The largest absolute Gasteiger partial charge is 0.360 e. The third kappa shape index (κ3) is 3.27. The number of halogens is 1. The van der Waals surface area contributed by atoms with E-state index in [0.29, 0.717) is 18.1 Å². The van der Waals surface area contributed by atoms with Crippen LogP contribution >= 0.6 is 11.6 Å². The van der Waals surface area contributed by atoms with E-state index in [0.717, 1.165) is 36.3 Å². The van der Waals surface area contributed by atoms with Gasteiger partial charge in [-0.3, -0.25) is 9.59 Å². The number of amides is 2. The van der Waals surface area contributed by atoms with Gasteiger partial charge in [0.1, 0.15) is 0 Å². The average molecular weight is 370 g/mol. The zero-order valence-electron chi connectivity index (χ0n) is 14.3. The van der Waals surface area contributed by atoms with Gasteiger partial charge in [-0.25, -0.2) is 0 Å². The summed E-state index contributed by atoms with van der Waals surface area (Å²) in [4.78, 5) is 26.4. The summed E-state index contributed by atoms with van der Waals surface area (Å²) in [5.74, 6) is 0.0377. The second-order valence-electron chi connectivity index (χ2n) is 6.86. The van der Waals surface area contributed by atoms with Crippen LogP contribution in [0, 0.1) is 0 Å². The van der Waals surface area contributed by atoms with Crippen LogP contribution in [0.3, 0.4) is 0 Å². The molecule has 2 aliphatic rings. The maximum atomic E-state index is 12.8. The summed E-state index contributed by atoms with van der Waals surface area (Å²) >= 11 is 6.08. The molecule has 26 heavy (non-hydrogen) atoms. The molecular formula is C20H20ClN3O2. The molecule has 0 aromatic heterocycles. The van der Waals surface area contributed by atoms with Crippen LogP contribution in [0.4, 0.5) is 11.4 Å². The van der Waals surface area contributed by atoms with Gasteiger partial charge < -0.3 is 15.5 Å². The van der Waals surface area contributed by atoms with Crippen LogP contribution in [-0.4, -0.2) is 31.4 Å². The van der Waals surface area contributed by atoms with Crippen molar-refractivity contribution in [1.29, 1.82) is 0 Å². The van der Waals surface area contributed by atoms with Gasteiger partial charge in [0.05, 0.1) is 12.0 Å². The Morgan fingerprint density at radius 2 is 1.92 bits per heavy atom. The molecule has 1 aliphatic heterocycles. The van der Waals surface area contributed by atoms with Crippen molar-refractivity contribution in [3.8, 4) is 0 Å². The monoisotopic (exact) mass is 369 g/mol. The lowest BCUT2D eigenvalue weighted by molar-refractivity contribution is -0.120. The number of nitrogens with one attached hydrogen (secondary N) is 2. The Hall–Kier alpha value is -2.53. The van der Waals surface area contributed by atoms with Crippen molar-refractivity contribution in [1.82, 2.24) is 5.32 Å². The minimum absolute atomic E-state index is 0.00451. The normalized spacial score (nSPS) is 18.2. The number of rotatable bonds is 4. The molecule has 4 rings (SSSR count). The Bertz CT molecular complexity index is 846. The van der Waals surface area contributed by atoms with Gasteiger partial charge in [-0.15, -0.1) is 0 Å². The van der Waals surface area contributed by atoms with Crippen molar-refractivity contribution in [3.63, 3.8) is 0 Å². The molecule has 2 fully saturated rings. The zero-order chi connectivity index (χ0) is 18.1. The first kappa shape index (κ1) is 16.9. The average Bonchev–Trinajstić information content (AvgIpc) is 3.44. The first-order chi connectivity index (χ1) is 12.6. The standard InChI is InChI=1S/C20H20ClN3O2/c21-15-3-1-2-14(12-15)20(8-9-20)19(26)23-16-4-6-17(7-5-16)24-11-10-22-18(25)13-24/h1-7,12H,8-11,13H2,(H,22,25)(H,23,26). The van der Waals surface area contributed by atoms with E-state index in [4.69, 9.17) is 11.6 Å². The van der Waals surface area contributed by atoms with Gasteiger partial charge in [0.2, 0.25) is 11.8 Å². The van der Waals surface area contributed by atoms with Crippen LogP contribution in [-0.2, 0) is 15.0 Å². The van der Waals surface area contributed by atoms with Crippen molar-refractivity contribution in [2.75, 3.05) is 29.9 Å². The molecule has 2 amide bonds. The van der Waals surface area contributed by atoms with Gasteiger partial charge >= 0.3 is 0 Å². The minimum Gasteiger partial charge on any atom is -0.360 e. The molecule has 1 heterocycles. The van der Waals surface area contributed by atoms with E-state index < -0.39 is 5.41 Å². The molecule has 2 aromatic rings. The molecule has 0 spiro atoms. The number of carbonyl (C=O) groups excluding carboxylic acids is 2. The van der Waals surface area contributed by atoms with Crippen LogP contribution < -0.4 is 15.5 Å². The van der Waals surface area contributed by atoms with E-state index in [1.807, 2.05) is 53.4 Å². The summed E-state index contributed by atoms with van der Waals surface area (Å²) in [5, 5.41) is 6.49. The third-order valence-corrected chi connectivity index (χ3v) is 5.33. The van der Waals surface area contributed by atoms with Crippen molar-refractivity contribution >= 4 is 34.8 Å². The van der Waals surface area contributed by atoms with E-state index in [9.17, 15) is 9.59 Å². The van der Waals surface area contributed by atoms with Crippen LogP contribution in [0.5, 0.6) is 0 Å². The summed E-state index contributed by atoms with van der Waals surface area (Å²) < 4.78 is 0. The smallest absolute Gasteiger partial charge is 0.239 e. The molecule has 0 radical (unpaired) electrons. The quantitative estimate of drug-likeness (QED) is 0.871. The summed E-state index contributed by atoms with van der Waals surface area (Å²) in [5.41, 5.74) is 2.25. The van der Waals surface area contributed by atoms with Crippen molar-refractivity contribution in [3.05, 3.63) is 59.1 Å². The maximum Gasteiger partial charge on any atom is 0.239 e. The van der Waals surface area contributed by atoms with Crippen molar-refractivity contribution < 1.29 is 9.59 Å². The Morgan fingerprint density at radius 1 is 1.15 bits per heavy atom. The number of piperazine rings is 1. The molecule has 2 N–H and O–H groups in total. The Morgan fingerprint density at radius 3 is 2.58 bits per heavy atom. The van der Waals surface area contributed by atoms with Gasteiger partial charge in [0, 0.05) is 29.5 Å². The van der Waals surface area contributed by atoms with Crippen molar-refractivity contribution in [2.24, 2.45) is 0 Å². The van der Waals surface area contributed by atoms with E-state index >= 15 is 0 Å². The van der Waals surface area contributed by atoms with Gasteiger partial charge in [-0.05, 0) is 54.8 Å². The molecule has 1 aliphatic carbocycles. The molecule has 1 saturated carbocycles. The number of carbonyl (C=O) groups is 2. The first-order valence-electron chi connectivity index (χ1n) is 8.76. The van der Waals surface area contributed by atoms with Gasteiger partial charge in [-0.2, -0.15) is 0 Å². The lowest BCUT2D eigenvalue weighted by Crippen LogP contribution is -2.47. The fraction of sp³-hybridized carbons (Fsp3) is 0.300. The van der Waals surface area contributed by atoms with Gasteiger partial charge in [0.25, 0.3) is 0 Å². The molecule has 134 valence electrons. The first-order valence-corrected chi connectivity index (χ1v) is 9.14.